The van der Waals surface area contributed by atoms with E-state index in [2.05, 4.69) is 15.5 Å². The fourth-order valence-electron chi connectivity index (χ4n) is 2.31. The summed E-state index contributed by atoms with van der Waals surface area (Å²) in [5.74, 6) is 0.0506. The van der Waals surface area contributed by atoms with Crippen molar-refractivity contribution in [3.05, 3.63) is 76.5 Å². The number of nitrogens with one attached hydrogen (secondary N) is 1. The number of esters is 1. The molecule has 9 heteroatoms. The predicted molar refractivity (Wildman–Crippen MR) is 99.8 cm³/mol. The van der Waals surface area contributed by atoms with Crippen molar-refractivity contribution in [2.45, 2.75) is 6.61 Å². The molecule has 0 bridgehead atoms. The van der Waals surface area contributed by atoms with Gasteiger partial charge in [-0.25, -0.2) is 4.79 Å². The zero-order chi connectivity index (χ0) is 19.3. The third-order valence-corrected chi connectivity index (χ3v) is 4.52. The second-order valence-electron chi connectivity index (χ2n) is 5.56. The smallest absolute Gasteiger partial charge is 0.338 e. The maximum Gasteiger partial charge on any atom is 0.338 e. The van der Waals surface area contributed by atoms with Crippen molar-refractivity contribution < 1.29 is 23.2 Å². The minimum absolute atomic E-state index is 0.152. The highest BCUT2D eigenvalue weighted by Crippen LogP contribution is 2.19. The van der Waals surface area contributed by atoms with Crippen LogP contribution in [0.15, 0.2) is 69.0 Å². The van der Waals surface area contributed by atoms with Gasteiger partial charge in [-0.1, -0.05) is 6.07 Å². The van der Waals surface area contributed by atoms with Gasteiger partial charge in [-0.2, -0.15) is 0 Å². The van der Waals surface area contributed by atoms with Crippen LogP contribution >= 0.6 is 11.3 Å². The summed E-state index contributed by atoms with van der Waals surface area (Å²) < 4.78 is 15.7. The molecule has 0 aliphatic heterocycles. The number of furan rings is 1. The number of benzene rings is 1. The Balaban J connectivity index is 1.33. The Morgan fingerprint density at radius 1 is 1.07 bits per heavy atom. The van der Waals surface area contributed by atoms with Gasteiger partial charge in [0.15, 0.2) is 12.4 Å². The first-order valence-corrected chi connectivity index (χ1v) is 9.05. The van der Waals surface area contributed by atoms with Crippen LogP contribution in [0.2, 0.25) is 0 Å². The molecule has 0 radical (unpaired) electrons. The number of anilines is 1. The van der Waals surface area contributed by atoms with Gasteiger partial charge in [0, 0.05) is 5.69 Å². The van der Waals surface area contributed by atoms with E-state index >= 15 is 0 Å². The molecule has 1 N–H and O–H groups in total. The summed E-state index contributed by atoms with van der Waals surface area (Å²) in [6, 6.07) is 13.3. The highest BCUT2D eigenvalue weighted by atomic mass is 32.1. The topological polar surface area (TPSA) is 107 Å². The lowest BCUT2D eigenvalue weighted by Crippen LogP contribution is -2.10. The molecule has 3 heterocycles. The van der Waals surface area contributed by atoms with Crippen LogP contribution in [0, 0.1) is 0 Å². The SMILES string of the molecule is O=C(OCc1nnc(-c2ccco2)o1)c1ccc(NC(=O)c2cccs2)cc1. The number of hydrogen-bond acceptors (Lipinski definition) is 8. The fourth-order valence-corrected chi connectivity index (χ4v) is 2.93. The fraction of sp³-hybridized carbons (Fsp3) is 0.0526. The predicted octanol–water partition coefficient (Wildman–Crippen LogP) is 4.00. The molecule has 3 aromatic heterocycles. The van der Waals surface area contributed by atoms with Crippen LogP contribution in [-0.2, 0) is 11.3 Å². The summed E-state index contributed by atoms with van der Waals surface area (Å²) >= 11 is 1.35. The van der Waals surface area contributed by atoms with Crippen molar-refractivity contribution in [1.82, 2.24) is 10.2 Å². The van der Waals surface area contributed by atoms with E-state index in [-0.39, 0.29) is 24.3 Å². The maximum absolute atomic E-state index is 12.2. The Morgan fingerprint density at radius 2 is 1.93 bits per heavy atom. The van der Waals surface area contributed by atoms with Crippen molar-refractivity contribution in [2.75, 3.05) is 5.32 Å². The van der Waals surface area contributed by atoms with Gasteiger partial charge in [0.25, 0.3) is 17.7 Å². The molecular weight excluding hydrogens is 382 g/mol. The summed E-state index contributed by atoms with van der Waals surface area (Å²) in [6.45, 7) is -0.163. The molecule has 0 saturated heterocycles. The molecule has 0 saturated carbocycles. The van der Waals surface area contributed by atoms with Crippen molar-refractivity contribution in [3.8, 4) is 11.7 Å². The van der Waals surface area contributed by atoms with E-state index < -0.39 is 5.97 Å². The lowest BCUT2D eigenvalue weighted by atomic mass is 10.2. The Labute approximate surface area is 162 Å². The second kappa shape index (κ2) is 7.89. The van der Waals surface area contributed by atoms with E-state index in [0.29, 0.717) is 21.9 Å². The van der Waals surface area contributed by atoms with Crippen LogP contribution < -0.4 is 5.32 Å². The summed E-state index contributed by atoms with van der Waals surface area (Å²) in [7, 11) is 0. The van der Waals surface area contributed by atoms with Crippen LogP contribution in [-0.4, -0.2) is 22.1 Å². The van der Waals surface area contributed by atoms with E-state index in [9.17, 15) is 9.59 Å². The molecule has 8 nitrogen and oxygen atoms in total. The molecule has 0 spiro atoms. The zero-order valence-electron chi connectivity index (χ0n) is 14.3. The number of nitrogens with zero attached hydrogens (tertiary/aromatic N) is 2. The summed E-state index contributed by atoms with van der Waals surface area (Å²) in [5, 5.41) is 12.2. The van der Waals surface area contributed by atoms with Crippen molar-refractivity contribution in [1.29, 1.82) is 0 Å². The molecule has 28 heavy (non-hydrogen) atoms. The van der Waals surface area contributed by atoms with E-state index in [0.717, 1.165) is 0 Å². The molecular formula is C19H13N3O5S. The van der Waals surface area contributed by atoms with Gasteiger partial charge in [-0.05, 0) is 47.8 Å². The quantitative estimate of drug-likeness (QED) is 0.492. The largest absolute Gasteiger partial charge is 0.459 e. The first-order chi connectivity index (χ1) is 13.7. The standard InChI is InChI=1S/C19H13N3O5S/c23-17(15-4-2-10-28-15)20-13-7-5-12(6-8-13)19(24)26-11-16-21-22-18(27-16)14-3-1-9-25-14/h1-10H,11H2,(H,20,23). The first kappa shape index (κ1) is 17.7. The maximum atomic E-state index is 12.2. The molecule has 4 aromatic rings. The average Bonchev–Trinajstić information content (AvgIpc) is 3.49. The third kappa shape index (κ3) is 3.99. The number of rotatable bonds is 6. The number of carbonyl (C=O) groups is 2. The van der Waals surface area contributed by atoms with E-state index in [1.807, 2.05) is 5.38 Å². The monoisotopic (exact) mass is 395 g/mol. The normalized spacial score (nSPS) is 10.6. The molecule has 140 valence electrons. The van der Waals surface area contributed by atoms with Gasteiger partial charge in [0.1, 0.15) is 0 Å². The van der Waals surface area contributed by atoms with Crippen molar-refractivity contribution in [3.63, 3.8) is 0 Å². The van der Waals surface area contributed by atoms with Gasteiger partial charge in [-0.15, -0.1) is 21.5 Å². The summed E-state index contributed by atoms with van der Waals surface area (Å²) in [4.78, 5) is 24.8. The van der Waals surface area contributed by atoms with Gasteiger partial charge in [0.2, 0.25) is 0 Å². The van der Waals surface area contributed by atoms with E-state index in [1.54, 1.807) is 48.5 Å². The Bertz CT molecular complexity index is 1070. The molecule has 1 aromatic carbocycles. The van der Waals surface area contributed by atoms with E-state index in [1.165, 1.54) is 17.6 Å². The van der Waals surface area contributed by atoms with Crippen molar-refractivity contribution in [2.24, 2.45) is 0 Å². The molecule has 0 atom stereocenters. The third-order valence-electron chi connectivity index (χ3n) is 3.65. The molecule has 0 fully saturated rings. The number of carbonyl (C=O) groups excluding carboxylic acids is 2. The van der Waals surface area contributed by atoms with Crippen LogP contribution in [0.4, 0.5) is 5.69 Å². The Kier molecular flexibility index (Phi) is 4.98. The minimum Gasteiger partial charge on any atom is -0.459 e. The van der Waals surface area contributed by atoms with E-state index in [4.69, 9.17) is 13.6 Å². The van der Waals surface area contributed by atoms with Crippen LogP contribution in [0.25, 0.3) is 11.7 Å². The van der Waals surface area contributed by atoms with Gasteiger partial charge >= 0.3 is 5.97 Å². The Morgan fingerprint density at radius 3 is 2.64 bits per heavy atom. The summed E-state index contributed by atoms with van der Waals surface area (Å²) in [5.41, 5.74) is 0.912. The molecule has 0 aliphatic rings. The highest BCUT2D eigenvalue weighted by Gasteiger charge is 2.14. The lowest BCUT2D eigenvalue weighted by Gasteiger charge is -2.05. The molecule has 0 aliphatic carbocycles. The average molecular weight is 395 g/mol. The minimum atomic E-state index is -0.547. The number of thiophene rings is 1. The number of amides is 1. The first-order valence-electron chi connectivity index (χ1n) is 8.17. The number of hydrogen-bond donors (Lipinski definition) is 1. The van der Waals surface area contributed by atoms with Gasteiger partial charge < -0.3 is 18.9 Å². The molecule has 4 rings (SSSR count). The van der Waals surface area contributed by atoms with Crippen LogP contribution in [0.1, 0.15) is 25.9 Å². The number of ether oxygens (including phenoxy) is 1. The second-order valence-corrected chi connectivity index (χ2v) is 6.51. The summed E-state index contributed by atoms with van der Waals surface area (Å²) in [6.07, 6.45) is 1.49. The van der Waals surface area contributed by atoms with Crippen LogP contribution in [0.5, 0.6) is 0 Å². The molecule has 0 unspecified atom stereocenters. The highest BCUT2D eigenvalue weighted by molar-refractivity contribution is 7.12. The van der Waals surface area contributed by atoms with Gasteiger partial charge in [0.05, 0.1) is 16.7 Å². The number of aromatic nitrogens is 2. The van der Waals surface area contributed by atoms with Crippen molar-refractivity contribution >= 4 is 28.9 Å². The lowest BCUT2D eigenvalue weighted by molar-refractivity contribution is 0.0438. The van der Waals surface area contributed by atoms with Crippen LogP contribution in [0.3, 0.4) is 0 Å². The Hall–Kier alpha value is -3.72. The zero-order valence-corrected chi connectivity index (χ0v) is 15.1. The van der Waals surface area contributed by atoms with Gasteiger partial charge in [-0.3, -0.25) is 4.79 Å². The molecule has 1 amide bonds.